The summed E-state index contributed by atoms with van der Waals surface area (Å²) in [4.78, 5) is 35.2. The highest BCUT2D eigenvalue weighted by molar-refractivity contribution is 7.22. The summed E-state index contributed by atoms with van der Waals surface area (Å²) in [6.07, 6.45) is 2.71. The number of thiazole rings is 2. The third-order valence-corrected chi connectivity index (χ3v) is 6.26. The van der Waals surface area contributed by atoms with Crippen LogP contribution >= 0.6 is 22.7 Å². The number of rotatable bonds is 5. The predicted molar refractivity (Wildman–Crippen MR) is 104 cm³/mol. The van der Waals surface area contributed by atoms with Crippen molar-refractivity contribution in [2.75, 3.05) is 18.0 Å². The van der Waals surface area contributed by atoms with Gasteiger partial charge in [0.15, 0.2) is 5.13 Å². The van der Waals surface area contributed by atoms with E-state index in [4.69, 9.17) is 0 Å². The molecule has 1 N–H and O–H groups in total. The molecule has 2 aromatic heterocycles. The number of nitrogens with zero attached hydrogens (tertiary/aromatic N) is 3. The average molecular weight is 387 g/mol. The van der Waals surface area contributed by atoms with Gasteiger partial charge < -0.3 is 5.32 Å². The molecule has 4 rings (SSSR count). The van der Waals surface area contributed by atoms with E-state index in [-0.39, 0.29) is 24.2 Å². The van der Waals surface area contributed by atoms with Crippen LogP contribution in [0.5, 0.6) is 0 Å². The molecule has 0 radical (unpaired) electrons. The number of hydrogen-bond acceptors (Lipinski definition) is 6. The smallest absolute Gasteiger partial charge is 0.229 e. The highest BCUT2D eigenvalue weighted by Crippen LogP contribution is 2.33. The number of aryl methyl sites for hydroxylation is 1. The van der Waals surface area contributed by atoms with E-state index < -0.39 is 0 Å². The quantitative estimate of drug-likeness (QED) is 0.732. The Labute approximate surface area is 158 Å². The van der Waals surface area contributed by atoms with Gasteiger partial charge in [0, 0.05) is 37.5 Å². The number of fused-ring (bicyclic) bond motifs is 1. The molecule has 1 unspecified atom stereocenters. The van der Waals surface area contributed by atoms with E-state index in [2.05, 4.69) is 21.4 Å². The highest BCUT2D eigenvalue weighted by atomic mass is 32.1. The zero-order valence-corrected chi connectivity index (χ0v) is 15.9. The van der Waals surface area contributed by atoms with Gasteiger partial charge in [0.05, 0.1) is 21.1 Å². The molecular weight excluding hydrogens is 368 g/mol. The summed E-state index contributed by atoms with van der Waals surface area (Å²) in [7, 11) is 0. The van der Waals surface area contributed by atoms with Crippen molar-refractivity contribution in [3.05, 3.63) is 40.3 Å². The zero-order chi connectivity index (χ0) is 18.1. The standard InChI is InChI=1S/C18H18N4O2S2/c1-11-2-3-13-14(8-11)26-18(21-13)22-10-12(9-16(22)23)17(24)20-5-4-15-19-6-7-25-15/h2-3,6-8,12H,4-5,9-10H2,1H3,(H,20,24). The molecule has 0 aliphatic carbocycles. The number of benzene rings is 1. The molecule has 8 heteroatoms. The van der Waals surface area contributed by atoms with Gasteiger partial charge in [-0.2, -0.15) is 0 Å². The van der Waals surface area contributed by atoms with E-state index in [0.717, 1.165) is 20.8 Å². The van der Waals surface area contributed by atoms with Crippen LogP contribution < -0.4 is 10.2 Å². The predicted octanol–water partition coefficient (Wildman–Crippen LogP) is 2.77. The highest BCUT2D eigenvalue weighted by Gasteiger charge is 2.36. The van der Waals surface area contributed by atoms with Crippen molar-refractivity contribution in [2.45, 2.75) is 19.8 Å². The van der Waals surface area contributed by atoms with Crippen molar-refractivity contribution in [3.63, 3.8) is 0 Å². The zero-order valence-electron chi connectivity index (χ0n) is 14.3. The summed E-state index contributed by atoms with van der Waals surface area (Å²) in [5, 5.41) is 6.52. The first-order chi connectivity index (χ1) is 12.6. The molecule has 2 amide bonds. The monoisotopic (exact) mass is 386 g/mol. The summed E-state index contributed by atoms with van der Waals surface area (Å²) < 4.78 is 1.06. The molecule has 0 saturated carbocycles. The molecule has 0 bridgehead atoms. The fraction of sp³-hybridized carbons (Fsp3) is 0.333. The average Bonchev–Trinajstić information content (AvgIpc) is 3.33. The van der Waals surface area contributed by atoms with E-state index in [9.17, 15) is 9.59 Å². The largest absolute Gasteiger partial charge is 0.355 e. The lowest BCUT2D eigenvalue weighted by molar-refractivity contribution is -0.126. The lowest BCUT2D eigenvalue weighted by Crippen LogP contribution is -2.34. The van der Waals surface area contributed by atoms with Gasteiger partial charge in [0.1, 0.15) is 0 Å². The molecule has 1 atom stereocenters. The Morgan fingerprint density at radius 1 is 1.42 bits per heavy atom. The van der Waals surface area contributed by atoms with E-state index >= 15 is 0 Å². The minimum atomic E-state index is -0.326. The van der Waals surface area contributed by atoms with Crippen molar-refractivity contribution in [2.24, 2.45) is 5.92 Å². The van der Waals surface area contributed by atoms with Crippen LogP contribution in [0.2, 0.25) is 0 Å². The van der Waals surface area contributed by atoms with Gasteiger partial charge in [-0.1, -0.05) is 17.4 Å². The second-order valence-corrected chi connectivity index (χ2v) is 8.33. The molecule has 6 nitrogen and oxygen atoms in total. The third-order valence-electron chi connectivity index (χ3n) is 4.38. The van der Waals surface area contributed by atoms with Crippen LogP contribution in [0, 0.1) is 12.8 Å². The van der Waals surface area contributed by atoms with Gasteiger partial charge in [-0.25, -0.2) is 9.97 Å². The molecule has 1 fully saturated rings. The Bertz CT molecular complexity index is 951. The molecule has 1 aliphatic rings. The second-order valence-electron chi connectivity index (χ2n) is 6.34. The number of anilines is 1. The van der Waals surface area contributed by atoms with E-state index in [1.165, 1.54) is 11.3 Å². The van der Waals surface area contributed by atoms with Gasteiger partial charge in [-0.05, 0) is 24.6 Å². The first-order valence-corrected chi connectivity index (χ1v) is 10.1. The van der Waals surface area contributed by atoms with E-state index in [1.54, 1.807) is 22.4 Å². The third kappa shape index (κ3) is 3.47. The summed E-state index contributed by atoms with van der Waals surface area (Å²) in [5.41, 5.74) is 2.05. The molecule has 1 saturated heterocycles. The molecule has 0 spiro atoms. The molecule has 134 valence electrons. The maximum atomic E-state index is 12.4. The van der Waals surface area contributed by atoms with Crippen LogP contribution in [0.1, 0.15) is 17.0 Å². The molecule has 3 heterocycles. The van der Waals surface area contributed by atoms with Crippen LogP contribution in [0.3, 0.4) is 0 Å². The molecule has 3 aromatic rings. The first kappa shape index (κ1) is 17.1. The Morgan fingerprint density at radius 2 is 2.31 bits per heavy atom. The lowest BCUT2D eigenvalue weighted by atomic mass is 10.1. The summed E-state index contributed by atoms with van der Waals surface area (Å²) >= 11 is 3.07. The van der Waals surface area contributed by atoms with Crippen LogP contribution in [-0.4, -0.2) is 34.9 Å². The molecule has 1 aliphatic heterocycles. The number of carbonyl (C=O) groups excluding carboxylic acids is 2. The number of nitrogens with one attached hydrogen (secondary N) is 1. The molecular formula is C18H18N4O2S2. The molecule has 26 heavy (non-hydrogen) atoms. The van der Waals surface area contributed by atoms with Gasteiger partial charge in [-0.15, -0.1) is 11.3 Å². The Morgan fingerprint density at radius 3 is 3.12 bits per heavy atom. The van der Waals surface area contributed by atoms with Gasteiger partial charge >= 0.3 is 0 Å². The molecule has 1 aromatic carbocycles. The van der Waals surface area contributed by atoms with E-state index in [0.29, 0.717) is 24.6 Å². The van der Waals surface area contributed by atoms with Crippen molar-refractivity contribution in [1.82, 2.24) is 15.3 Å². The van der Waals surface area contributed by atoms with Crippen LogP contribution in [-0.2, 0) is 16.0 Å². The van der Waals surface area contributed by atoms with Crippen molar-refractivity contribution < 1.29 is 9.59 Å². The van der Waals surface area contributed by atoms with Gasteiger partial charge in [0.2, 0.25) is 11.8 Å². The Balaban J connectivity index is 1.40. The lowest BCUT2D eigenvalue weighted by Gasteiger charge is -2.13. The topological polar surface area (TPSA) is 75.2 Å². The van der Waals surface area contributed by atoms with Gasteiger partial charge in [0.25, 0.3) is 0 Å². The minimum Gasteiger partial charge on any atom is -0.355 e. The van der Waals surface area contributed by atoms with Crippen LogP contribution in [0.15, 0.2) is 29.8 Å². The van der Waals surface area contributed by atoms with Crippen LogP contribution in [0.25, 0.3) is 10.2 Å². The number of hydrogen-bond donors (Lipinski definition) is 1. The second kappa shape index (κ2) is 7.13. The number of carbonyl (C=O) groups is 2. The summed E-state index contributed by atoms with van der Waals surface area (Å²) in [6, 6.07) is 6.05. The van der Waals surface area contributed by atoms with E-state index in [1.807, 2.05) is 24.4 Å². The van der Waals surface area contributed by atoms with Crippen molar-refractivity contribution in [1.29, 1.82) is 0 Å². The Hall–Kier alpha value is -2.32. The SMILES string of the molecule is Cc1ccc2nc(N3CC(C(=O)NCCc4nccs4)CC3=O)sc2c1. The first-order valence-electron chi connectivity index (χ1n) is 8.44. The van der Waals surface area contributed by atoms with Gasteiger partial charge in [-0.3, -0.25) is 14.5 Å². The fourth-order valence-corrected chi connectivity index (χ4v) is 4.73. The maximum absolute atomic E-state index is 12.4. The minimum absolute atomic E-state index is 0.0409. The number of aromatic nitrogens is 2. The normalized spacial score (nSPS) is 17.2. The number of amides is 2. The maximum Gasteiger partial charge on any atom is 0.229 e. The Kier molecular flexibility index (Phi) is 4.69. The fourth-order valence-electron chi connectivity index (χ4n) is 3.02. The summed E-state index contributed by atoms with van der Waals surface area (Å²) in [6.45, 7) is 2.96. The van der Waals surface area contributed by atoms with Crippen molar-refractivity contribution in [3.8, 4) is 0 Å². The van der Waals surface area contributed by atoms with Crippen LogP contribution in [0.4, 0.5) is 5.13 Å². The van der Waals surface area contributed by atoms with Crippen molar-refractivity contribution >= 4 is 49.8 Å². The summed E-state index contributed by atoms with van der Waals surface area (Å²) in [5.74, 6) is -0.442.